The fourth-order valence-electron chi connectivity index (χ4n) is 1.41. The van der Waals surface area contributed by atoms with Gasteiger partial charge >= 0.3 is 0 Å². The topological polar surface area (TPSA) is 15.3 Å². The van der Waals surface area contributed by atoms with Crippen LogP contribution < -0.4 is 5.32 Å². The Morgan fingerprint density at radius 3 is 2.69 bits per heavy atom. The lowest BCUT2D eigenvalue weighted by Crippen LogP contribution is -2.45. The maximum absolute atomic E-state index is 3.56. The Morgan fingerprint density at radius 1 is 1.46 bits per heavy atom. The van der Waals surface area contributed by atoms with Gasteiger partial charge in [0.05, 0.1) is 0 Å². The van der Waals surface area contributed by atoms with E-state index in [1.54, 1.807) is 0 Å². The smallest absolute Gasteiger partial charge is 0.0300 e. The molecule has 0 aromatic rings. The molecule has 1 fully saturated rings. The number of nitrogens with zero attached hydrogens (tertiary/aromatic N) is 1. The standard InChI is InChI=1S/C10H22N2S/c1-10(2,3)11-7-9-8-12(4)5-6-13-9/h9,11H,5-8H2,1-4H3. The molecule has 3 heteroatoms. The molecule has 0 saturated carbocycles. The molecule has 1 aliphatic rings. The summed E-state index contributed by atoms with van der Waals surface area (Å²) in [4.78, 5) is 2.42. The maximum atomic E-state index is 3.56. The third kappa shape index (κ3) is 4.89. The predicted molar refractivity (Wildman–Crippen MR) is 61.5 cm³/mol. The van der Waals surface area contributed by atoms with Gasteiger partial charge in [-0.3, -0.25) is 0 Å². The second-order valence-electron chi connectivity index (χ2n) is 4.89. The van der Waals surface area contributed by atoms with Crippen molar-refractivity contribution in [1.29, 1.82) is 0 Å². The van der Waals surface area contributed by atoms with Gasteiger partial charge in [0, 0.05) is 36.2 Å². The summed E-state index contributed by atoms with van der Waals surface area (Å²) < 4.78 is 0. The van der Waals surface area contributed by atoms with Gasteiger partial charge in [0.25, 0.3) is 0 Å². The summed E-state index contributed by atoms with van der Waals surface area (Å²) in [6.07, 6.45) is 0. The van der Waals surface area contributed by atoms with Crippen LogP contribution in [-0.4, -0.2) is 48.1 Å². The maximum Gasteiger partial charge on any atom is 0.0300 e. The number of rotatable bonds is 2. The summed E-state index contributed by atoms with van der Waals surface area (Å²) in [7, 11) is 2.21. The molecule has 0 spiro atoms. The fraction of sp³-hybridized carbons (Fsp3) is 1.00. The van der Waals surface area contributed by atoms with Crippen molar-refractivity contribution in [3.8, 4) is 0 Å². The molecule has 0 bridgehead atoms. The van der Waals surface area contributed by atoms with Crippen molar-refractivity contribution < 1.29 is 0 Å². The minimum atomic E-state index is 0.260. The molecule has 1 heterocycles. The molecule has 13 heavy (non-hydrogen) atoms. The lowest BCUT2D eigenvalue weighted by atomic mass is 10.1. The van der Waals surface area contributed by atoms with Gasteiger partial charge in [-0.25, -0.2) is 0 Å². The van der Waals surface area contributed by atoms with E-state index in [2.05, 4.69) is 49.8 Å². The summed E-state index contributed by atoms with van der Waals surface area (Å²) in [5.41, 5.74) is 0.260. The highest BCUT2D eigenvalue weighted by Gasteiger charge is 2.19. The molecule has 78 valence electrons. The van der Waals surface area contributed by atoms with Crippen molar-refractivity contribution in [2.45, 2.75) is 31.6 Å². The lowest BCUT2D eigenvalue weighted by Gasteiger charge is -2.31. The molecule has 0 aromatic heterocycles. The van der Waals surface area contributed by atoms with E-state index in [-0.39, 0.29) is 5.54 Å². The summed E-state index contributed by atoms with van der Waals surface area (Å²) in [5, 5.41) is 4.34. The van der Waals surface area contributed by atoms with E-state index in [1.807, 2.05) is 0 Å². The van der Waals surface area contributed by atoms with Gasteiger partial charge in [0.1, 0.15) is 0 Å². The molecule has 1 atom stereocenters. The van der Waals surface area contributed by atoms with Crippen LogP contribution in [0.25, 0.3) is 0 Å². The molecule has 0 amide bonds. The molecule has 0 aliphatic carbocycles. The van der Waals surface area contributed by atoms with Crippen LogP contribution in [0.4, 0.5) is 0 Å². The second-order valence-corrected chi connectivity index (χ2v) is 6.29. The normalized spacial score (nSPS) is 26.3. The largest absolute Gasteiger partial charge is 0.311 e. The van der Waals surface area contributed by atoms with Gasteiger partial charge in [0.15, 0.2) is 0 Å². The van der Waals surface area contributed by atoms with E-state index < -0.39 is 0 Å². The number of thioether (sulfide) groups is 1. The predicted octanol–water partition coefficient (Wildman–Crippen LogP) is 1.42. The molecule has 2 nitrogen and oxygen atoms in total. The minimum Gasteiger partial charge on any atom is -0.311 e. The van der Waals surface area contributed by atoms with Gasteiger partial charge in [-0.1, -0.05) is 0 Å². The molecule has 1 aliphatic heterocycles. The van der Waals surface area contributed by atoms with E-state index in [4.69, 9.17) is 0 Å². The van der Waals surface area contributed by atoms with Crippen LogP contribution in [0, 0.1) is 0 Å². The van der Waals surface area contributed by atoms with Crippen LogP contribution in [0.3, 0.4) is 0 Å². The molecular weight excluding hydrogens is 180 g/mol. The quantitative estimate of drug-likeness (QED) is 0.729. The Morgan fingerprint density at radius 2 is 2.15 bits per heavy atom. The van der Waals surface area contributed by atoms with Crippen LogP contribution >= 0.6 is 11.8 Å². The van der Waals surface area contributed by atoms with Gasteiger partial charge in [-0.15, -0.1) is 0 Å². The fourth-order valence-corrected chi connectivity index (χ4v) is 2.72. The summed E-state index contributed by atoms with van der Waals surface area (Å²) in [6, 6.07) is 0. The zero-order valence-electron chi connectivity index (χ0n) is 9.26. The summed E-state index contributed by atoms with van der Waals surface area (Å²) in [5.74, 6) is 1.28. The second kappa shape index (κ2) is 4.67. The summed E-state index contributed by atoms with van der Waals surface area (Å²) in [6.45, 7) is 10.3. The highest BCUT2D eigenvalue weighted by molar-refractivity contribution is 8.00. The van der Waals surface area contributed by atoms with Gasteiger partial charge in [0.2, 0.25) is 0 Å². The van der Waals surface area contributed by atoms with E-state index in [9.17, 15) is 0 Å². The number of hydrogen-bond donors (Lipinski definition) is 1. The first-order chi connectivity index (χ1) is 5.97. The van der Waals surface area contributed by atoms with Crippen LogP contribution in [0.15, 0.2) is 0 Å². The highest BCUT2D eigenvalue weighted by atomic mass is 32.2. The van der Waals surface area contributed by atoms with Gasteiger partial charge < -0.3 is 10.2 Å². The van der Waals surface area contributed by atoms with Crippen molar-refractivity contribution in [2.75, 3.05) is 32.4 Å². The molecule has 1 N–H and O–H groups in total. The number of hydrogen-bond acceptors (Lipinski definition) is 3. The molecule has 0 aromatic carbocycles. The van der Waals surface area contributed by atoms with Gasteiger partial charge in [-0.2, -0.15) is 11.8 Å². The van der Waals surface area contributed by atoms with Crippen molar-refractivity contribution in [3.63, 3.8) is 0 Å². The first-order valence-corrected chi connectivity index (χ1v) is 6.07. The molecule has 1 unspecified atom stereocenters. The first-order valence-electron chi connectivity index (χ1n) is 5.02. The Balaban J connectivity index is 2.21. The highest BCUT2D eigenvalue weighted by Crippen LogP contribution is 2.17. The van der Waals surface area contributed by atoms with E-state index in [0.29, 0.717) is 0 Å². The van der Waals surface area contributed by atoms with E-state index in [0.717, 1.165) is 11.8 Å². The Bertz CT molecular complexity index is 153. The zero-order chi connectivity index (χ0) is 9.90. The first kappa shape index (κ1) is 11.3. The van der Waals surface area contributed by atoms with Crippen molar-refractivity contribution >= 4 is 11.8 Å². The van der Waals surface area contributed by atoms with E-state index in [1.165, 1.54) is 18.8 Å². The Hall–Kier alpha value is 0.270. The Kier molecular flexibility index (Phi) is 4.07. The number of nitrogens with one attached hydrogen (secondary N) is 1. The monoisotopic (exact) mass is 202 g/mol. The van der Waals surface area contributed by atoms with Gasteiger partial charge in [-0.05, 0) is 27.8 Å². The lowest BCUT2D eigenvalue weighted by molar-refractivity contribution is 0.328. The average molecular weight is 202 g/mol. The van der Waals surface area contributed by atoms with Crippen LogP contribution in [0.5, 0.6) is 0 Å². The molecule has 1 rings (SSSR count). The van der Waals surface area contributed by atoms with E-state index >= 15 is 0 Å². The van der Waals surface area contributed by atoms with Crippen LogP contribution in [0.2, 0.25) is 0 Å². The zero-order valence-corrected chi connectivity index (χ0v) is 10.1. The molecule has 1 saturated heterocycles. The van der Waals surface area contributed by atoms with Crippen LogP contribution in [0.1, 0.15) is 20.8 Å². The van der Waals surface area contributed by atoms with Crippen molar-refractivity contribution in [2.24, 2.45) is 0 Å². The summed E-state index contributed by atoms with van der Waals surface area (Å²) >= 11 is 2.10. The molecular formula is C10H22N2S. The van der Waals surface area contributed by atoms with Crippen molar-refractivity contribution in [3.05, 3.63) is 0 Å². The minimum absolute atomic E-state index is 0.260. The van der Waals surface area contributed by atoms with Crippen LogP contribution in [-0.2, 0) is 0 Å². The third-order valence-corrected chi connectivity index (χ3v) is 3.41. The molecule has 0 radical (unpaired) electrons. The SMILES string of the molecule is CN1CCSC(CNC(C)(C)C)C1. The Labute approximate surface area is 86.5 Å². The third-order valence-electron chi connectivity index (χ3n) is 2.20. The van der Waals surface area contributed by atoms with Crippen molar-refractivity contribution in [1.82, 2.24) is 10.2 Å². The average Bonchev–Trinajstić information content (AvgIpc) is 2.00.